The third-order valence-electron chi connectivity index (χ3n) is 2.56. The Balaban J connectivity index is 2.07. The Kier molecular flexibility index (Phi) is 4.21. The summed E-state index contributed by atoms with van der Waals surface area (Å²) in [5.74, 6) is 0.0491. The quantitative estimate of drug-likeness (QED) is 0.825. The first-order chi connectivity index (χ1) is 9.63. The fourth-order valence-corrected chi connectivity index (χ4v) is 1.56. The van der Waals surface area contributed by atoms with Gasteiger partial charge in [-0.05, 0) is 17.7 Å². The van der Waals surface area contributed by atoms with Gasteiger partial charge in [0.2, 0.25) is 0 Å². The number of ether oxygens (including phenoxy) is 2. The van der Waals surface area contributed by atoms with Gasteiger partial charge < -0.3 is 24.2 Å². The van der Waals surface area contributed by atoms with Crippen LogP contribution >= 0.6 is 0 Å². The average molecular weight is 279 g/mol. The van der Waals surface area contributed by atoms with Crippen LogP contribution < -0.4 is 9.47 Å². The first kappa shape index (κ1) is 13.9. The van der Waals surface area contributed by atoms with Crippen molar-refractivity contribution in [2.75, 3.05) is 7.11 Å². The Morgan fingerprint density at radius 2 is 2.15 bits per heavy atom. The van der Waals surface area contributed by atoms with Crippen LogP contribution in [0.4, 0.5) is 0 Å². The SMILES string of the molecule is COc1cc(CO)ccc1OCc1cc(C(=O)O)no1. The molecular formula is C13H13NO6. The number of carboxylic acid groups (broad SMARTS) is 1. The van der Waals surface area contributed by atoms with Gasteiger partial charge in [0.05, 0.1) is 13.7 Å². The second-order valence-corrected chi connectivity index (χ2v) is 3.92. The van der Waals surface area contributed by atoms with Crippen LogP contribution in [-0.4, -0.2) is 28.4 Å². The molecule has 0 saturated carbocycles. The molecule has 2 N–H and O–H groups in total. The molecule has 1 heterocycles. The number of hydrogen-bond donors (Lipinski definition) is 2. The van der Waals surface area contributed by atoms with E-state index >= 15 is 0 Å². The van der Waals surface area contributed by atoms with Gasteiger partial charge in [-0.3, -0.25) is 0 Å². The van der Waals surface area contributed by atoms with Crippen LogP contribution in [0.3, 0.4) is 0 Å². The van der Waals surface area contributed by atoms with Crippen LogP contribution in [0.5, 0.6) is 11.5 Å². The molecule has 0 atom stereocenters. The van der Waals surface area contributed by atoms with Gasteiger partial charge in [-0.15, -0.1) is 0 Å². The number of carbonyl (C=O) groups is 1. The number of rotatable bonds is 6. The fourth-order valence-electron chi connectivity index (χ4n) is 1.56. The molecule has 0 spiro atoms. The lowest BCUT2D eigenvalue weighted by Gasteiger charge is -2.10. The maximum atomic E-state index is 10.7. The van der Waals surface area contributed by atoms with Crippen molar-refractivity contribution in [2.24, 2.45) is 0 Å². The molecule has 0 amide bonds. The van der Waals surface area contributed by atoms with Crippen molar-refractivity contribution < 1.29 is 29.0 Å². The van der Waals surface area contributed by atoms with Crippen LogP contribution in [0.2, 0.25) is 0 Å². The van der Waals surface area contributed by atoms with Gasteiger partial charge >= 0.3 is 5.97 Å². The van der Waals surface area contributed by atoms with Crippen molar-refractivity contribution in [1.82, 2.24) is 5.16 Å². The summed E-state index contributed by atoms with van der Waals surface area (Å²) in [5.41, 5.74) is 0.522. The molecule has 0 saturated heterocycles. The van der Waals surface area contributed by atoms with Gasteiger partial charge in [-0.2, -0.15) is 0 Å². The van der Waals surface area contributed by atoms with Crippen LogP contribution in [0, 0.1) is 0 Å². The number of aliphatic hydroxyl groups excluding tert-OH is 1. The van der Waals surface area contributed by atoms with Crippen LogP contribution in [0.25, 0.3) is 0 Å². The number of nitrogens with zero attached hydrogens (tertiary/aromatic N) is 1. The van der Waals surface area contributed by atoms with Gasteiger partial charge in [-0.25, -0.2) is 4.79 Å². The number of benzene rings is 1. The number of aliphatic hydroxyl groups is 1. The molecular weight excluding hydrogens is 266 g/mol. The van der Waals surface area contributed by atoms with E-state index in [-0.39, 0.29) is 24.7 Å². The average Bonchev–Trinajstić information content (AvgIpc) is 2.94. The summed E-state index contributed by atoms with van der Waals surface area (Å²) in [5, 5.41) is 21.1. The topological polar surface area (TPSA) is 102 Å². The summed E-state index contributed by atoms with van der Waals surface area (Å²) >= 11 is 0. The van der Waals surface area contributed by atoms with E-state index in [1.165, 1.54) is 13.2 Å². The third-order valence-corrected chi connectivity index (χ3v) is 2.56. The number of aromatic carboxylic acids is 1. The molecule has 0 radical (unpaired) electrons. The zero-order chi connectivity index (χ0) is 14.5. The Hall–Kier alpha value is -2.54. The minimum Gasteiger partial charge on any atom is -0.493 e. The molecule has 0 unspecified atom stereocenters. The number of hydrogen-bond acceptors (Lipinski definition) is 6. The van der Waals surface area contributed by atoms with E-state index < -0.39 is 5.97 Å². The Bertz CT molecular complexity index is 607. The summed E-state index contributed by atoms with van der Waals surface area (Å²) in [6.45, 7) is -0.0736. The highest BCUT2D eigenvalue weighted by molar-refractivity contribution is 5.85. The molecule has 2 aromatic rings. The first-order valence-electron chi connectivity index (χ1n) is 5.73. The van der Waals surface area contributed by atoms with Gasteiger partial charge in [0.25, 0.3) is 0 Å². The van der Waals surface area contributed by atoms with E-state index in [9.17, 15) is 4.79 Å². The summed E-state index contributed by atoms with van der Waals surface area (Å²) < 4.78 is 15.4. The molecule has 0 aliphatic carbocycles. The van der Waals surface area contributed by atoms with Gasteiger partial charge in [0, 0.05) is 6.07 Å². The lowest BCUT2D eigenvalue weighted by Crippen LogP contribution is -1.98. The highest BCUT2D eigenvalue weighted by Gasteiger charge is 2.12. The fraction of sp³-hybridized carbons (Fsp3) is 0.231. The van der Waals surface area contributed by atoms with Crippen molar-refractivity contribution in [2.45, 2.75) is 13.2 Å². The van der Waals surface area contributed by atoms with Crippen LogP contribution in [-0.2, 0) is 13.2 Å². The molecule has 1 aromatic carbocycles. The Morgan fingerprint density at radius 1 is 1.35 bits per heavy atom. The Labute approximate surface area is 114 Å². The summed E-state index contributed by atoms with van der Waals surface area (Å²) in [6.07, 6.45) is 0. The summed E-state index contributed by atoms with van der Waals surface area (Å²) in [4.78, 5) is 10.7. The monoisotopic (exact) mass is 279 g/mol. The first-order valence-corrected chi connectivity index (χ1v) is 5.73. The standard InChI is InChI=1S/C13H13NO6/c1-18-12-4-8(6-15)2-3-11(12)19-7-9-5-10(13(16)17)14-20-9/h2-5,15H,6-7H2,1H3,(H,16,17). The van der Waals surface area contributed by atoms with Gasteiger partial charge in [0.1, 0.15) is 6.61 Å². The molecule has 0 fully saturated rings. The van der Waals surface area contributed by atoms with Gasteiger partial charge in [0.15, 0.2) is 23.0 Å². The second-order valence-electron chi connectivity index (χ2n) is 3.92. The molecule has 106 valence electrons. The summed E-state index contributed by atoms with van der Waals surface area (Å²) in [7, 11) is 1.49. The minimum atomic E-state index is -1.16. The van der Waals surface area contributed by atoms with Gasteiger partial charge in [-0.1, -0.05) is 11.2 Å². The zero-order valence-corrected chi connectivity index (χ0v) is 10.7. The van der Waals surface area contributed by atoms with Crippen molar-refractivity contribution >= 4 is 5.97 Å². The molecule has 20 heavy (non-hydrogen) atoms. The predicted molar refractivity (Wildman–Crippen MR) is 66.7 cm³/mol. The van der Waals surface area contributed by atoms with E-state index in [4.69, 9.17) is 24.2 Å². The molecule has 2 rings (SSSR count). The summed E-state index contributed by atoms with van der Waals surface area (Å²) in [6, 6.07) is 6.29. The van der Waals surface area contributed by atoms with E-state index in [0.717, 1.165) is 0 Å². The Morgan fingerprint density at radius 3 is 2.75 bits per heavy atom. The van der Waals surface area contributed by atoms with Crippen molar-refractivity contribution in [3.05, 3.63) is 41.3 Å². The third kappa shape index (κ3) is 3.07. The maximum absolute atomic E-state index is 10.7. The van der Waals surface area contributed by atoms with Crippen molar-refractivity contribution in [3.63, 3.8) is 0 Å². The van der Waals surface area contributed by atoms with Crippen LogP contribution in [0.1, 0.15) is 21.8 Å². The van der Waals surface area contributed by atoms with Crippen molar-refractivity contribution in [3.8, 4) is 11.5 Å². The molecule has 7 nitrogen and oxygen atoms in total. The highest BCUT2D eigenvalue weighted by Crippen LogP contribution is 2.28. The minimum absolute atomic E-state index is 0.0229. The van der Waals surface area contributed by atoms with E-state index in [1.54, 1.807) is 18.2 Å². The number of methoxy groups -OCH3 is 1. The lowest BCUT2D eigenvalue weighted by molar-refractivity contribution is 0.0685. The molecule has 0 bridgehead atoms. The second kappa shape index (κ2) is 6.07. The van der Waals surface area contributed by atoms with E-state index in [0.29, 0.717) is 17.1 Å². The van der Waals surface area contributed by atoms with E-state index in [2.05, 4.69) is 5.16 Å². The molecule has 0 aliphatic heterocycles. The largest absolute Gasteiger partial charge is 0.493 e. The highest BCUT2D eigenvalue weighted by atomic mass is 16.5. The normalized spacial score (nSPS) is 10.3. The smallest absolute Gasteiger partial charge is 0.358 e. The predicted octanol–water partition coefficient (Wildman–Crippen LogP) is 1.45. The van der Waals surface area contributed by atoms with E-state index in [1.807, 2.05) is 0 Å². The maximum Gasteiger partial charge on any atom is 0.358 e. The van der Waals surface area contributed by atoms with Crippen molar-refractivity contribution in [1.29, 1.82) is 0 Å². The number of carboxylic acids is 1. The molecule has 7 heteroatoms. The zero-order valence-electron chi connectivity index (χ0n) is 10.7. The number of aromatic nitrogens is 1. The molecule has 1 aromatic heterocycles. The lowest BCUT2D eigenvalue weighted by atomic mass is 10.2. The molecule has 0 aliphatic rings. The van der Waals surface area contributed by atoms with Crippen LogP contribution in [0.15, 0.2) is 28.8 Å².